The highest BCUT2D eigenvalue weighted by Gasteiger charge is 2.34. The molecule has 0 bridgehead atoms. The van der Waals surface area contributed by atoms with Crippen molar-refractivity contribution in [2.75, 3.05) is 36.0 Å². The third kappa shape index (κ3) is 4.63. The molecule has 8 heteroatoms. The molecule has 0 aliphatic carbocycles. The molecule has 3 aliphatic heterocycles. The van der Waals surface area contributed by atoms with Crippen molar-refractivity contribution in [2.45, 2.75) is 39.0 Å². The molecule has 6 rings (SSSR count). The number of carbonyl (C=O) groups excluding carboxylic acids is 2. The number of anilines is 2. The molecular weight excluding hydrogens is 458 g/mol. The number of rotatable bonds is 6. The van der Waals surface area contributed by atoms with Crippen LogP contribution in [0.5, 0.6) is 0 Å². The lowest BCUT2D eigenvalue weighted by Crippen LogP contribution is -2.48. The highest BCUT2D eigenvalue weighted by molar-refractivity contribution is 7.09. The first kappa shape index (κ1) is 22.5. The number of hydrogen-bond donors (Lipinski definition) is 1. The van der Waals surface area contributed by atoms with Gasteiger partial charge in [0.05, 0.1) is 5.52 Å². The number of imide groups is 1. The Labute approximate surface area is 209 Å². The second kappa shape index (κ2) is 9.22. The summed E-state index contributed by atoms with van der Waals surface area (Å²) in [4.78, 5) is 39.7. The van der Waals surface area contributed by atoms with Gasteiger partial charge in [-0.3, -0.25) is 14.9 Å². The van der Waals surface area contributed by atoms with E-state index in [2.05, 4.69) is 57.8 Å². The number of amides is 2. The van der Waals surface area contributed by atoms with Crippen molar-refractivity contribution >= 4 is 45.8 Å². The lowest BCUT2D eigenvalue weighted by atomic mass is 9.86. The van der Waals surface area contributed by atoms with Crippen LogP contribution < -0.4 is 15.1 Å². The largest absolute Gasteiger partial charge is 0.355 e. The lowest BCUT2D eigenvalue weighted by Gasteiger charge is -2.41. The zero-order valence-corrected chi connectivity index (χ0v) is 20.9. The van der Waals surface area contributed by atoms with Crippen molar-refractivity contribution < 1.29 is 9.59 Å². The predicted molar refractivity (Wildman–Crippen MR) is 139 cm³/mol. The van der Waals surface area contributed by atoms with E-state index in [1.54, 1.807) is 0 Å². The minimum absolute atomic E-state index is 0.0952. The molecule has 1 aromatic carbocycles. The lowest BCUT2D eigenvalue weighted by molar-refractivity contribution is -0.126. The van der Waals surface area contributed by atoms with Gasteiger partial charge < -0.3 is 9.80 Å². The first-order valence-corrected chi connectivity index (χ1v) is 13.5. The fraction of sp³-hybridized carbons (Fsp3) is 0.481. The molecular formula is C27H31N5O2S. The van der Waals surface area contributed by atoms with Crippen LogP contribution in [0.15, 0.2) is 35.7 Å². The van der Waals surface area contributed by atoms with Gasteiger partial charge in [-0.2, -0.15) is 4.98 Å². The van der Waals surface area contributed by atoms with E-state index in [1.807, 2.05) is 11.3 Å². The summed E-state index contributed by atoms with van der Waals surface area (Å²) in [6, 6.07) is 10.8. The number of benzene rings is 1. The number of hydrogen-bond acceptors (Lipinski definition) is 7. The van der Waals surface area contributed by atoms with Crippen molar-refractivity contribution in [3.8, 4) is 0 Å². The van der Waals surface area contributed by atoms with Crippen LogP contribution in [0, 0.1) is 24.7 Å². The molecule has 1 atom stereocenters. The first-order chi connectivity index (χ1) is 17.0. The maximum atomic E-state index is 12.0. The van der Waals surface area contributed by atoms with E-state index in [0.717, 1.165) is 74.5 Å². The molecule has 2 amide bonds. The Kier molecular flexibility index (Phi) is 5.92. The summed E-state index contributed by atoms with van der Waals surface area (Å²) in [7, 11) is 0. The van der Waals surface area contributed by atoms with Gasteiger partial charge in [0.25, 0.3) is 0 Å². The van der Waals surface area contributed by atoms with Crippen LogP contribution in [0.3, 0.4) is 0 Å². The Bertz CT molecular complexity index is 1250. The molecule has 2 aromatic heterocycles. The van der Waals surface area contributed by atoms with E-state index < -0.39 is 0 Å². The second-order valence-electron chi connectivity index (χ2n) is 10.4. The molecule has 35 heavy (non-hydrogen) atoms. The van der Waals surface area contributed by atoms with Gasteiger partial charge in [0.2, 0.25) is 17.8 Å². The third-order valence-corrected chi connectivity index (χ3v) is 8.63. The molecule has 5 heterocycles. The van der Waals surface area contributed by atoms with Crippen LogP contribution in [0.2, 0.25) is 0 Å². The number of carbonyl (C=O) groups is 2. The topological polar surface area (TPSA) is 78.4 Å². The fourth-order valence-electron chi connectivity index (χ4n) is 5.75. The number of nitrogens with one attached hydrogen (secondary N) is 1. The molecule has 3 saturated heterocycles. The summed E-state index contributed by atoms with van der Waals surface area (Å²) in [5, 5.41) is 5.73. The molecule has 3 fully saturated rings. The number of piperidine rings is 1. The van der Waals surface area contributed by atoms with Gasteiger partial charge >= 0.3 is 0 Å². The maximum absolute atomic E-state index is 12.0. The minimum atomic E-state index is -0.154. The van der Waals surface area contributed by atoms with Crippen LogP contribution in [-0.4, -0.2) is 48.0 Å². The van der Waals surface area contributed by atoms with E-state index in [0.29, 0.717) is 18.3 Å². The van der Waals surface area contributed by atoms with E-state index in [-0.39, 0.29) is 17.7 Å². The van der Waals surface area contributed by atoms with Crippen LogP contribution in [0.25, 0.3) is 10.9 Å². The van der Waals surface area contributed by atoms with Gasteiger partial charge in [0.15, 0.2) is 0 Å². The molecule has 1 N–H and O–H groups in total. The Morgan fingerprint density at radius 3 is 2.60 bits per heavy atom. The first-order valence-electron chi connectivity index (χ1n) is 12.7. The summed E-state index contributed by atoms with van der Waals surface area (Å²) in [6.07, 6.45) is 4.28. The zero-order chi connectivity index (χ0) is 23.9. The Hall–Kier alpha value is -3.00. The summed E-state index contributed by atoms with van der Waals surface area (Å²) in [5.74, 6) is 2.61. The summed E-state index contributed by atoms with van der Waals surface area (Å²) < 4.78 is 0. The highest BCUT2D eigenvalue weighted by Crippen LogP contribution is 2.35. The normalized spacial score (nSPS) is 21.6. The monoisotopic (exact) mass is 489 g/mol. The maximum Gasteiger partial charge on any atom is 0.230 e. The molecule has 3 aliphatic rings. The van der Waals surface area contributed by atoms with Crippen molar-refractivity contribution in [1.82, 2.24) is 15.3 Å². The smallest absolute Gasteiger partial charge is 0.230 e. The van der Waals surface area contributed by atoms with Crippen LogP contribution in [0.4, 0.5) is 11.8 Å². The molecule has 0 spiro atoms. The zero-order valence-electron chi connectivity index (χ0n) is 20.1. The summed E-state index contributed by atoms with van der Waals surface area (Å²) in [6.45, 7) is 5.93. The number of aryl methyl sites for hydroxylation is 1. The van der Waals surface area contributed by atoms with E-state index in [1.165, 1.54) is 10.4 Å². The molecule has 182 valence electrons. The van der Waals surface area contributed by atoms with Crippen molar-refractivity contribution in [2.24, 2.45) is 17.8 Å². The summed E-state index contributed by atoms with van der Waals surface area (Å²) >= 11 is 1.84. The van der Waals surface area contributed by atoms with Gasteiger partial charge in [-0.1, -0.05) is 12.1 Å². The minimum Gasteiger partial charge on any atom is -0.355 e. The Morgan fingerprint density at radius 2 is 1.89 bits per heavy atom. The SMILES string of the molecule is Cc1ccc2c(N3CC(Cc4cccs4)C3)nc(N3CCC(CC4CC(=O)NC4=O)CC3)nc2c1. The Balaban J connectivity index is 1.16. The van der Waals surface area contributed by atoms with E-state index >= 15 is 0 Å². The van der Waals surface area contributed by atoms with Crippen molar-refractivity contribution in [3.63, 3.8) is 0 Å². The summed E-state index contributed by atoms with van der Waals surface area (Å²) in [5.41, 5.74) is 2.21. The van der Waals surface area contributed by atoms with E-state index in [4.69, 9.17) is 9.97 Å². The van der Waals surface area contributed by atoms with Gasteiger partial charge in [0.1, 0.15) is 5.82 Å². The van der Waals surface area contributed by atoms with Crippen LogP contribution in [0.1, 0.15) is 36.1 Å². The van der Waals surface area contributed by atoms with Crippen molar-refractivity contribution in [1.29, 1.82) is 0 Å². The van der Waals surface area contributed by atoms with Crippen LogP contribution >= 0.6 is 11.3 Å². The highest BCUT2D eigenvalue weighted by atomic mass is 32.1. The number of fused-ring (bicyclic) bond motifs is 1. The fourth-order valence-corrected chi connectivity index (χ4v) is 6.57. The molecule has 3 aromatic rings. The van der Waals surface area contributed by atoms with Crippen LogP contribution in [-0.2, 0) is 16.0 Å². The average Bonchev–Trinajstić information content (AvgIpc) is 3.44. The molecule has 0 saturated carbocycles. The van der Waals surface area contributed by atoms with Gasteiger partial charge in [-0.25, -0.2) is 4.98 Å². The number of nitrogens with zero attached hydrogens (tertiary/aromatic N) is 4. The standard InChI is InChI=1S/C27H31N5O2S/c1-17-4-5-22-23(11-17)28-27(30-25(22)32-15-19(16-32)13-21-3-2-10-35-21)31-8-6-18(7-9-31)12-20-14-24(33)29-26(20)34/h2-5,10-11,18-20H,6-9,12-16H2,1H3,(H,29,33,34). The second-order valence-corrected chi connectivity index (χ2v) is 11.4. The van der Waals surface area contributed by atoms with Gasteiger partial charge in [-0.15, -0.1) is 11.3 Å². The quantitative estimate of drug-likeness (QED) is 0.529. The third-order valence-electron chi connectivity index (χ3n) is 7.73. The number of thiophene rings is 1. The molecule has 1 unspecified atom stereocenters. The predicted octanol–water partition coefficient (Wildman–Crippen LogP) is 3.95. The van der Waals surface area contributed by atoms with E-state index in [9.17, 15) is 9.59 Å². The van der Waals surface area contributed by atoms with Gasteiger partial charge in [0, 0.05) is 48.8 Å². The molecule has 0 radical (unpaired) electrons. The molecule has 7 nitrogen and oxygen atoms in total. The van der Waals surface area contributed by atoms with Crippen molar-refractivity contribution in [3.05, 3.63) is 46.2 Å². The Morgan fingerprint density at radius 1 is 1.06 bits per heavy atom. The van der Waals surface area contributed by atoms with Gasteiger partial charge in [-0.05, 0) is 73.6 Å². The number of aromatic nitrogens is 2. The average molecular weight is 490 g/mol.